The Morgan fingerprint density at radius 2 is 1.83 bits per heavy atom. The van der Waals surface area contributed by atoms with E-state index in [2.05, 4.69) is 54.2 Å². The van der Waals surface area contributed by atoms with Gasteiger partial charge in [-0.25, -0.2) is 0 Å². The monoisotopic (exact) mass is 316 g/mol. The second-order valence-corrected chi connectivity index (χ2v) is 6.62. The summed E-state index contributed by atoms with van der Waals surface area (Å²) in [7, 11) is 0. The number of aryl methyl sites for hydroxylation is 2. The first-order chi connectivity index (χ1) is 11.1. The summed E-state index contributed by atoms with van der Waals surface area (Å²) in [5.41, 5.74) is 9.88. The van der Waals surface area contributed by atoms with Gasteiger partial charge in [0, 0.05) is 18.8 Å². The highest BCUT2D eigenvalue weighted by Gasteiger charge is 2.14. The normalized spacial score (nSPS) is 17.4. The lowest BCUT2D eigenvalue weighted by Gasteiger charge is -2.19. The van der Waals surface area contributed by atoms with Crippen LogP contribution in [0.3, 0.4) is 0 Å². The van der Waals surface area contributed by atoms with Gasteiger partial charge in [0.2, 0.25) is 0 Å². The highest BCUT2D eigenvalue weighted by atomic mass is 15.1. The van der Waals surface area contributed by atoms with Crippen LogP contribution in [0.25, 0.3) is 0 Å². The molecule has 0 amide bonds. The van der Waals surface area contributed by atoms with Gasteiger partial charge < -0.3 is 16.0 Å². The van der Waals surface area contributed by atoms with Crippen molar-refractivity contribution in [3.8, 4) is 0 Å². The summed E-state index contributed by atoms with van der Waals surface area (Å²) in [6, 6.07) is 6.43. The fraction of sp³-hybridized carbons (Fsp3) is 0.632. The average Bonchev–Trinajstić information content (AvgIpc) is 3.06. The molecule has 3 N–H and O–H groups in total. The van der Waals surface area contributed by atoms with E-state index in [0.717, 1.165) is 31.6 Å². The minimum absolute atomic E-state index is 0.536. The molecule has 0 spiro atoms. The molecule has 1 aromatic carbocycles. The van der Waals surface area contributed by atoms with Crippen LogP contribution in [0.2, 0.25) is 0 Å². The van der Waals surface area contributed by atoms with E-state index >= 15 is 0 Å². The van der Waals surface area contributed by atoms with Crippen LogP contribution in [-0.4, -0.2) is 37.0 Å². The Hall–Kier alpha value is -1.55. The number of nitrogens with zero attached hydrogens (tertiary/aromatic N) is 2. The van der Waals surface area contributed by atoms with Crippen molar-refractivity contribution in [2.24, 2.45) is 16.6 Å². The second kappa shape index (κ2) is 8.92. The van der Waals surface area contributed by atoms with Crippen molar-refractivity contribution in [2.45, 2.75) is 46.5 Å². The standard InChI is InChI=1S/C19H32N4/c1-4-16-9-8-10-17(5-2)18(16)22-19(20)21-13-15(3)14-23-11-6-7-12-23/h8-10,15H,4-7,11-14H2,1-3H3,(H3,20,21,22). The highest BCUT2D eigenvalue weighted by molar-refractivity contribution is 5.93. The van der Waals surface area contributed by atoms with E-state index in [1.807, 2.05) is 0 Å². The van der Waals surface area contributed by atoms with E-state index in [1.165, 1.54) is 37.1 Å². The lowest BCUT2D eigenvalue weighted by Crippen LogP contribution is -2.29. The van der Waals surface area contributed by atoms with Gasteiger partial charge in [-0.05, 0) is 55.8 Å². The van der Waals surface area contributed by atoms with Gasteiger partial charge in [0.25, 0.3) is 0 Å². The summed E-state index contributed by atoms with van der Waals surface area (Å²) in [6.45, 7) is 11.0. The van der Waals surface area contributed by atoms with Crippen molar-refractivity contribution in [1.29, 1.82) is 0 Å². The molecular formula is C19H32N4. The second-order valence-electron chi connectivity index (χ2n) is 6.62. The van der Waals surface area contributed by atoms with E-state index in [9.17, 15) is 0 Å². The van der Waals surface area contributed by atoms with Gasteiger partial charge in [0.05, 0.1) is 0 Å². The molecule has 1 heterocycles. The number of hydrogen-bond donors (Lipinski definition) is 2. The third kappa shape index (κ3) is 5.24. The van der Waals surface area contributed by atoms with E-state index < -0.39 is 0 Å². The Bertz CT molecular complexity index is 496. The Morgan fingerprint density at radius 3 is 2.39 bits per heavy atom. The van der Waals surface area contributed by atoms with Crippen LogP contribution >= 0.6 is 0 Å². The minimum Gasteiger partial charge on any atom is -0.370 e. The molecule has 128 valence electrons. The summed E-state index contributed by atoms with van der Waals surface area (Å²) < 4.78 is 0. The number of nitrogens with two attached hydrogens (primary N) is 1. The molecule has 1 atom stereocenters. The molecule has 23 heavy (non-hydrogen) atoms. The van der Waals surface area contributed by atoms with Gasteiger partial charge in [-0.1, -0.05) is 39.0 Å². The van der Waals surface area contributed by atoms with Gasteiger partial charge in [0.1, 0.15) is 0 Å². The summed E-state index contributed by atoms with van der Waals surface area (Å²) >= 11 is 0. The van der Waals surface area contributed by atoms with Crippen molar-refractivity contribution < 1.29 is 0 Å². The SMILES string of the molecule is CCc1cccc(CC)c1NC(N)=NCC(C)CN1CCCC1. The number of anilines is 1. The maximum absolute atomic E-state index is 6.13. The summed E-state index contributed by atoms with van der Waals surface area (Å²) in [5.74, 6) is 1.08. The van der Waals surface area contributed by atoms with Crippen molar-refractivity contribution in [2.75, 3.05) is 31.5 Å². The first-order valence-electron chi connectivity index (χ1n) is 9.04. The summed E-state index contributed by atoms with van der Waals surface area (Å²) in [6.07, 6.45) is 4.67. The molecule has 0 aromatic heterocycles. The van der Waals surface area contributed by atoms with Gasteiger partial charge in [0.15, 0.2) is 5.96 Å². The maximum atomic E-state index is 6.13. The van der Waals surface area contributed by atoms with Crippen molar-refractivity contribution in [3.63, 3.8) is 0 Å². The quantitative estimate of drug-likeness (QED) is 0.599. The molecular weight excluding hydrogens is 284 g/mol. The molecule has 1 aliphatic heterocycles. The van der Waals surface area contributed by atoms with E-state index in [-0.39, 0.29) is 0 Å². The molecule has 1 aromatic rings. The van der Waals surface area contributed by atoms with E-state index in [1.54, 1.807) is 0 Å². The fourth-order valence-electron chi connectivity index (χ4n) is 3.29. The smallest absolute Gasteiger partial charge is 0.193 e. The molecule has 1 saturated heterocycles. The summed E-state index contributed by atoms with van der Waals surface area (Å²) in [4.78, 5) is 7.10. The number of guanidine groups is 1. The molecule has 0 aliphatic carbocycles. The number of rotatable bonds is 7. The number of likely N-dealkylation sites (tertiary alicyclic amines) is 1. The van der Waals surface area contributed by atoms with Crippen molar-refractivity contribution in [1.82, 2.24) is 4.90 Å². The molecule has 1 unspecified atom stereocenters. The number of aliphatic imine (C=N–C) groups is 1. The number of para-hydroxylation sites is 1. The lowest BCUT2D eigenvalue weighted by atomic mass is 10.0. The first-order valence-corrected chi connectivity index (χ1v) is 9.04. The molecule has 1 fully saturated rings. The number of benzene rings is 1. The van der Waals surface area contributed by atoms with Crippen LogP contribution in [0.1, 0.15) is 44.7 Å². The fourth-order valence-corrected chi connectivity index (χ4v) is 3.29. The van der Waals surface area contributed by atoms with Gasteiger partial charge in [-0.3, -0.25) is 4.99 Å². The predicted molar refractivity (Wildman–Crippen MR) is 100 cm³/mol. The molecule has 0 saturated carbocycles. The zero-order valence-corrected chi connectivity index (χ0v) is 14.9. The molecule has 4 heteroatoms. The Kier molecular flexibility index (Phi) is 6.90. The highest BCUT2D eigenvalue weighted by Crippen LogP contribution is 2.22. The Morgan fingerprint density at radius 1 is 1.22 bits per heavy atom. The van der Waals surface area contributed by atoms with Crippen LogP contribution < -0.4 is 11.1 Å². The minimum atomic E-state index is 0.536. The van der Waals surface area contributed by atoms with Gasteiger partial charge in [-0.2, -0.15) is 0 Å². The average molecular weight is 316 g/mol. The molecule has 2 rings (SSSR count). The molecule has 4 nitrogen and oxygen atoms in total. The molecule has 0 radical (unpaired) electrons. The van der Waals surface area contributed by atoms with Crippen LogP contribution in [0.4, 0.5) is 5.69 Å². The van der Waals surface area contributed by atoms with Crippen LogP contribution in [0.15, 0.2) is 23.2 Å². The van der Waals surface area contributed by atoms with E-state index in [0.29, 0.717) is 11.9 Å². The topological polar surface area (TPSA) is 53.6 Å². The number of nitrogens with one attached hydrogen (secondary N) is 1. The van der Waals surface area contributed by atoms with Crippen LogP contribution in [0, 0.1) is 5.92 Å². The predicted octanol–water partition coefficient (Wildman–Crippen LogP) is 3.27. The number of hydrogen-bond acceptors (Lipinski definition) is 2. The van der Waals surface area contributed by atoms with Crippen molar-refractivity contribution in [3.05, 3.63) is 29.3 Å². The third-order valence-corrected chi connectivity index (χ3v) is 4.59. The van der Waals surface area contributed by atoms with Crippen molar-refractivity contribution >= 4 is 11.6 Å². The summed E-state index contributed by atoms with van der Waals surface area (Å²) in [5, 5.41) is 3.34. The lowest BCUT2D eigenvalue weighted by molar-refractivity contribution is 0.292. The zero-order chi connectivity index (χ0) is 16.7. The third-order valence-electron chi connectivity index (χ3n) is 4.59. The molecule has 1 aliphatic rings. The molecule has 0 bridgehead atoms. The van der Waals surface area contributed by atoms with Gasteiger partial charge in [-0.15, -0.1) is 0 Å². The van der Waals surface area contributed by atoms with Crippen LogP contribution in [-0.2, 0) is 12.8 Å². The Labute approximate surface area is 141 Å². The first kappa shape index (κ1) is 17.8. The maximum Gasteiger partial charge on any atom is 0.193 e. The Balaban J connectivity index is 1.93. The van der Waals surface area contributed by atoms with E-state index in [4.69, 9.17) is 5.73 Å². The van der Waals surface area contributed by atoms with Gasteiger partial charge >= 0.3 is 0 Å². The zero-order valence-electron chi connectivity index (χ0n) is 14.9. The van der Waals surface area contributed by atoms with Crippen LogP contribution in [0.5, 0.6) is 0 Å². The largest absolute Gasteiger partial charge is 0.370 e.